The number of aromatic nitrogens is 3. The highest BCUT2D eigenvalue weighted by Gasteiger charge is 2.43. The van der Waals surface area contributed by atoms with Gasteiger partial charge in [-0.2, -0.15) is 0 Å². The van der Waals surface area contributed by atoms with E-state index in [1.54, 1.807) is 0 Å². The van der Waals surface area contributed by atoms with Crippen LogP contribution < -0.4 is 20.5 Å². The Bertz CT molecular complexity index is 900. The smallest absolute Gasteiger partial charge is 0.231 e. The van der Waals surface area contributed by atoms with Gasteiger partial charge in [-0.15, -0.1) is 5.10 Å². The van der Waals surface area contributed by atoms with Gasteiger partial charge in [0.1, 0.15) is 0 Å². The van der Waals surface area contributed by atoms with E-state index < -0.39 is 0 Å². The molecule has 6 rings (SSSR count). The van der Waals surface area contributed by atoms with Gasteiger partial charge >= 0.3 is 0 Å². The van der Waals surface area contributed by atoms with Gasteiger partial charge in [-0.25, -0.2) is 0 Å². The maximum atomic E-state index is 12.9. The number of nitrogens with zero attached hydrogens (tertiary/aromatic N) is 4. The minimum absolute atomic E-state index is 0.0457. The molecule has 1 aromatic carbocycles. The number of carbonyl (C=O) groups is 1. The van der Waals surface area contributed by atoms with Crippen LogP contribution in [0.1, 0.15) is 24.1 Å². The lowest BCUT2D eigenvalue weighted by molar-refractivity contribution is -0.133. The molecule has 5 heterocycles. The first kappa shape index (κ1) is 18.4. The highest BCUT2D eigenvalue weighted by Crippen LogP contribution is 2.37. The number of amides is 1. The van der Waals surface area contributed by atoms with Crippen LogP contribution in [0, 0.1) is 11.8 Å². The van der Waals surface area contributed by atoms with Gasteiger partial charge in [0.25, 0.3) is 0 Å². The second-order valence-corrected chi connectivity index (χ2v) is 8.08. The molecule has 0 aliphatic carbocycles. The van der Waals surface area contributed by atoms with Crippen molar-refractivity contribution in [2.75, 3.05) is 19.9 Å². The van der Waals surface area contributed by atoms with Crippen molar-refractivity contribution < 1.29 is 14.3 Å². The molecule has 1 amide bonds. The van der Waals surface area contributed by atoms with E-state index in [0.717, 1.165) is 55.2 Å². The molecule has 1 aromatic heterocycles. The van der Waals surface area contributed by atoms with Crippen molar-refractivity contribution in [1.29, 1.82) is 0 Å². The SMILES string of the molecule is NCc1cn(C[C@H]2C[C@@H]3CCN2C[C@H]3C(=O)NCc2ccc3c(c2)OCO3)nn1. The number of hydrogen-bond donors (Lipinski definition) is 2. The molecule has 29 heavy (non-hydrogen) atoms. The molecular weight excluding hydrogens is 372 g/mol. The topological polar surface area (TPSA) is 108 Å². The van der Waals surface area contributed by atoms with E-state index >= 15 is 0 Å². The number of hydrogen-bond acceptors (Lipinski definition) is 7. The van der Waals surface area contributed by atoms with Crippen LogP contribution in [0.4, 0.5) is 0 Å². The third-order valence-corrected chi connectivity index (χ3v) is 6.31. The fraction of sp³-hybridized carbons (Fsp3) is 0.550. The monoisotopic (exact) mass is 398 g/mol. The highest BCUT2D eigenvalue weighted by molar-refractivity contribution is 5.79. The second kappa shape index (κ2) is 7.64. The van der Waals surface area contributed by atoms with Crippen LogP contribution in [-0.4, -0.2) is 51.7 Å². The summed E-state index contributed by atoms with van der Waals surface area (Å²) in [6, 6.07) is 6.19. The van der Waals surface area contributed by atoms with E-state index in [9.17, 15) is 4.79 Å². The number of nitrogens with one attached hydrogen (secondary N) is 1. The third kappa shape index (κ3) is 3.67. The zero-order valence-electron chi connectivity index (χ0n) is 16.3. The van der Waals surface area contributed by atoms with Crippen molar-refractivity contribution in [2.24, 2.45) is 17.6 Å². The minimum atomic E-state index is 0.0457. The second-order valence-electron chi connectivity index (χ2n) is 8.08. The number of ether oxygens (including phenoxy) is 2. The Kier molecular flexibility index (Phi) is 4.84. The molecule has 4 aliphatic heterocycles. The zero-order valence-corrected chi connectivity index (χ0v) is 16.3. The summed E-state index contributed by atoms with van der Waals surface area (Å²) in [6.45, 7) is 3.81. The van der Waals surface area contributed by atoms with Gasteiger partial charge in [-0.3, -0.25) is 14.4 Å². The average Bonchev–Trinajstić information content (AvgIpc) is 3.41. The van der Waals surface area contributed by atoms with Crippen LogP contribution in [0.2, 0.25) is 0 Å². The Morgan fingerprint density at radius 3 is 3.00 bits per heavy atom. The van der Waals surface area contributed by atoms with E-state index in [-0.39, 0.29) is 18.6 Å². The predicted molar refractivity (Wildman–Crippen MR) is 104 cm³/mol. The number of fused-ring (bicyclic) bond motifs is 4. The summed E-state index contributed by atoms with van der Waals surface area (Å²) < 4.78 is 12.6. The summed E-state index contributed by atoms with van der Waals surface area (Å²) in [5.74, 6) is 2.11. The third-order valence-electron chi connectivity index (χ3n) is 6.31. The van der Waals surface area contributed by atoms with E-state index in [2.05, 4.69) is 20.5 Å². The molecule has 1 unspecified atom stereocenters. The summed E-state index contributed by atoms with van der Waals surface area (Å²) in [6.07, 6.45) is 4.00. The Labute approximate surface area is 169 Å². The van der Waals surface area contributed by atoms with Crippen LogP contribution >= 0.6 is 0 Å². The molecule has 9 heteroatoms. The van der Waals surface area contributed by atoms with Gasteiger partial charge in [0.15, 0.2) is 11.5 Å². The van der Waals surface area contributed by atoms with E-state index in [0.29, 0.717) is 25.0 Å². The van der Waals surface area contributed by atoms with E-state index in [1.165, 1.54) is 0 Å². The first-order chi connectivity index (χ1) is 14.2. The van der Waals surface area contributed by atoms with Gasteiger partial charge in [0.05, 0.1) is 18.2 Å². The Morgan fingerprint density at radius 1 is 1.31 bits per heavy atom. The van der Waals surface area contributed by atoms with Crippen molar-refractivity contribution in [3.63, 3.8) is 0 Å². The molecular formula is C20H26N6O3. The summed E-state index contributed by atoms with van der Waals surface area (Å²) in [7, 11) is 0. The van der Waals surface area contributed by atoms with Crippen molar-refractivity contribution in [2.45, 2.75) is 38.5 Å². The fourth-order valence-corrected chi connectivity index (χ4v) is 4.73. The van der Waals surface area contributed by atoms with Crippen molar-refractivity contribution in [1.82, 2.24) is 25.2 Å². The van der Waals surface area contributed by atoms with Crippen LogP contribution in [0.5, 0.6) is 11.5 Å². The lowest BCUT2D eigenvalue weighted by Gasteiger charge is -2.49. The lowest BCUT2D eigenvalue weighted by atomic mass is 9.75. The first-order valence-electron chi connectivity index (χ1n) is 10.2. The van der Waals surface area contributed by atoms with Gasteiger partial charge in [-0.05, 0) is 43.0 Å². The number of rotatable bonds is 6. The molecule has 3 fully saturated rings. The standard InChI is InChI=1S/C20H26N6O3/c21-7-15-9-26(24-23-15)10-16-6-14-3-4-25(16)11-17(14)20(27)22-8-13-1-2-18-19(5-13)29-12-28-18/h1-2,5,9,14,16-17H,3-4,6-8,10-12,21H2,(H,22,27)/t14-,16+,17+/m0/s1. The van der Waals surface area contributed by atoms with Crippen molar-refractivity contribution in [3.05, 3.63) is 35.7 Å². The number of carbonyl (C=O) groups excluding carboxylic acids is 1. The molecule has 2 aromatic rings. The lowest BCUT2D eigenvalue weighted by Crippen LogP contribution is -2.58. The molecule has 3 N–H and O–H groups in total. The van der Waals surface area contributed by atoms with Gasteiger partial charge in [0.2, 0.25) is 12.7 Å². The highest BCUT2D eigenvalue weighted by atomic mass is 16.7. The molecule has 154 valence electrons. The molecule has 4 aliphatic rings. The molecule has 0 saturated carbocycles. The predicted octanol–water partition coefficient (Wildman–Crippen LogP) is 0.492. The van der Waals surface area contributed by atoms with Crippen LogP contribution in [0.3, 0.4) is 0 Å². The quantitative estimate of drug-likeness (QED) is 0.729. The zero-order chi connectivity index (χ0) is 19.8. The average molecular weight is 398 g/mol. The Morgan fingerprint density at radius 2 is 2.21 bits per heavy atom. The maximum absolute atomic E-state index is 12.9. The minimum Gasteiger partial charge on any atom is -0.454 e. The molecule has 3 saturated heterocycles. The molecule has 2 bridgehead atoms. The van der Waals surface area contributed by atoms with Crippen molar-refractivity contribution >= 4 is 5.91 Å². The van der Waals surface area contributed by atoms with E-state index in [4.69, 9.17) is 15.2 Å². The molecule has 0 radical (unpaired) electrons. The number of nitrogens with two attached hydrogens (primary N) is 1. The fourth-order valence-electron chi connectivity index (χ4n) is 4.73. The summed E-state index contributed by atoms with van der Waals surface area (Å²) in [5, 5.41) is 11.4. The number of benzene rings is 1. The summed E-state index contributed by atoms with van der Waals surface area (Å²) in [5.41, 5.74) is 7.45. The molecule has 0 spiro atoms. The van der Waals surface area contributed by atoms with Gasteiger partial charge in [0, 0.05) is 31.9 Å². The summed E-state index contributed by atoms with van der Waals surface area (Å²) in [4.78, 5) is 15.3. The largest absolute Gasteiger partial charge is 0.454 e. The maximum Gasteiger partial charge on any atom is 0.231 e. The normalized spacial score (nSPS) is 27.2. The van der Waals surface area contributed by atoms with Crippen LogP contribution in [-0.2, 0) is 24.4 Å². The molecule has 9 nitrogen and oxygen atoms in total. The Hall–Kier alpha value is -2.65. The summed E-state index contributed by atoms with van der Waals surface area (Å²) >= 11 is 0. The van der Waals surface area contributed by atoms with Crippen molar-refractivity contribution in [3.8, 4) is 11.5 Å². The van der Waals surface area contributed by atoms with Gasteiger partial charge in [-0.1, -0.05) is 11.3 Å². The first-order valence-corrected chi connectivity index (χ1v) is 10.2. The van der Waals surface area contributed by atoms with E-state index in [1.807, 2.05) is 29.1 Å². The van der Waals surface area contributed by atoms with Crippen LogP contribution in [0.25, 0.3) is 0 Å². The molecule has 4 atom stereocenters. The number of piperidine rings is 3. The van der Waals surface area contributed by atoms with Gasteiger partial charge < -0.3 is 20.5 Å². The Balaban J connectivity index is 1.17. The van der Waals surface area contributed by atoms with Crippen LogP contribution in [0.15, 0.2) is 24.4 Å².